The van der Waals surface area contributed by atoms with Crippen LogP contribution in [0.5, 0.6) is 5.75 Å². The van der Waals surface area contributed by atoms with E-state index in [9.17, 15) is 4.79 Å². The number of benzene rings is 3. The number of carbonyl (C=O) groups excluding carboxylic acids is 1. The fourth-order valence-corrected chi connectivity index (χ4v) is 4.59. The van der Waals surface area contributed by atoms with Crippen molar-refractivity contribution in [1.29, 1.82) is 0 Å². The molecular formula is C32H36O5. The van der Waals surface area contributed by atoms with Crippen LogP contribution in [0.3, 0.4) is 0 Å². The number of ether oxygens (including phenoxy) is 4. The Kier molecular flexibility index (Phi) is 9.15. The lowest BCUT2D eigenvalue weighted by Crippen LogP contribution is -2.27. The van der Waals surface area contributed by atoms with Gasteiger partial charge in [0.2, 0.25) is 0 Å². The fraction of sp³-hybridized carbons (Fsp3) is 0.344. The van der Waals surface area contributed by atoms with Crippen molar-refractivity contribution in [3.63, 3.8) is 0 Å². The number of fused-ring (bicyclic) bond motifs is 2. The second kappa shape index (κ2) is 12.7. The van der Waals surface area contributed by atoms with Crippen molar-refractivity contribution in [3.05, 3.63) is 99.6 Å². The highest BCUT2D eigenvalue weighted by atomic mass is 16.6. The predicted octanol–water partition coefficient (Wildman–Crippen LogP) is 6.35. The Labute approximate surface area is 220 Å². The number of aryl methyl sites for hydroxylation is 2. The summed E-state index contributed by atoms with van der Waals surface area (Å²) < 4.78 is 22.8. The van der Waals surface area contributed by atoms with E-state index in [1.54, 1.807) is 6.92 Å². The van der Waals surface area contributed by atoms with Crippen molar-refractivity contribution in [1.82, 2.24) is 0 Å². The molecule has 194 valence electrons. The van der Waals surface area contributed by atoms with E-state index in [2.05, 4.69) is 62.4 Å². The van der Waals surface area contributed by atoms with Gasteiger partial charge in [-0.15, -0.1) is 0 Å². The fourth-order valence-electron chi connectivity index (χ4n) is 4.59. The van der Waals surface area contributed by atoms with Gasteiger partial charge in [-0.05, 0) is 65.8 Å². The predicted molar refractivity (Wildman–Crippen MR) is 147 cm³/mol. The molecule has 1 aliphatic rings. The number of carbonyl (C=O) groups is 1. The first-order chi connectivity index (χ1) is 18.0. The molecule has 3 aromatic carbocycles. The molecular weight excluding hydrogens is 464 g/mol. The molecule has 0 aromatic heterocycles. The van der Waals surface area contributed by atoms with Crippen molar-refractivity contribution in [2.75, 3.05) is 26.9 Å². The molecule has 37 heavy (non-hydrogen) atoms. The van der Waals surface area contributed by atoms with Gasteiger partial charge in [0.25, 0.3) is 0 Å². The molecule has 0 aliphatic heterocycles. The van der Waals surface area contributed by atoms with E-state index in [1.807, 2.05) is 24.3 Å². The van der Waals surface area contributed by atoms with Gasteiger partial charge in [-0.1, -0.05) is 73.2 Å². The van der Waals surface area contributed by atoms with E-state index in [1.165, 1.54) is 40.5 Å². The Balaban J connectivity index is 1.40. The van der Waals surface area contributed by atoms with Crippen molar-refractivity contribution in [2.24, 2.45) is 0 Å². The Morgan fingerprint density at radius 2 is 1.62 bits per heavy atom. The normalized spacial score (nSPS) is 14.9. The SMILES string of the molecule is CCOC(=O)C(Cc1ccc(OCCOC2c3ccc(C)cc3C=Cc3ccc(CC)cc32)cc1)OC. The average Bonchev–Trinajstić information content (AvgIpc) is 3.06. The van der Waals surface area contributed by atoms with E-state index in [0.29, 0.717) is 26.2 Å². The Morgan fingerprint density at radius 1 is 0.865 bits per heavy atom. The second-order valence-electron chi connectivity index (χ2n) is 9.21. The molecule has 5 nitrogen and oxygen atoms in total. The maximum Gasteiger partial charge on any atom is 0.335 e. The molecule has 2 unspecified atom stereocenters. The first-order valence-corrected chi connectivity index (χ1v) is 13.0. The molecule has 0 heterocycles. The number of rotatable bonds is 11. The van der Waals surface area contributed by atoms with Crippen molar-refractivity contribution >= 4 is 18.1 Å². The van der Waals surface area contributed by atoms with E-state index in [4.69, 9.17) is 18.9 Å². The summed E-state index contributed by atoms with van der Waals surface area (Å²) in [6.07, 6.45) is 5.03. The number of esters is 1. The van der Waals surface area contributed by atoms with Crippen molar-refractivity contribution in [2.45, 2.75) is 45.8 Å². The molecule has 3 aromatic rings. The zero-order chi connectivity index (χ0) is 26.2. The van der Waals surface area contributed by atoms with Crippen LogP contribution in [0.15, 0.2) is 60.7 Å². The summed E-state index contributed by atoms with van der Waals surface area (Å²) in [5, 5.41) is 0. The van der Waals surface area contributed by atoms with Gasteiger partial charge in [0.1, 0.15) is 18.5 Å². The van der Waals surface area contributed by atoms with Gasteiger partial charge in [-0.2, -0.15) is 0 Å². The minimum absolute atomic E-state index is 0.160. The molecule has 0 radical (unpaired) electrons. The molecule has 0 spiro atoms. The van der Waals surface area contributed by atoms with E-state index in [0.717, 1.165) is 17.7 Å². The summed E-state index contributed by atoms with van der Waals surface area (Å²) in [6.45, 7) is 7.28. The highest BCUT2D eigenvalue weighted by Gasteiger charge is 2.23. The average molecular weight is 501 g/mol. The van der Waals surface area contributed by atoms with Crippen LogP contribution in [0.1, 0.15) is 58.9 Å². The van der Waals surface area contributed by atoms with Gasteiger partial charge in [0.15, 0.2) is 6.10 Å². The van der Waals surface area contributed by atoms with Crippen LogP contribution in [0.2, 0.25) is 0 Å². The molecule has 0 amide bonds. The molecule has 0 N–H and O–H groups in total. The van der Waals surface area contributed by atoms with Crippen molar-refractivity contribution in [3.8, 4) is 5.75 Å². The molecule has 2 atom stereocenters. The molecule has 0 bridgehead atoms. The topological polar surface area (TPSA) is 54.0 Å². The van der Waals surface area contributed by atoms with Gasteiger partial charge in [0, 0.05) is 13.5 Å². The highest BCUT2D eigenvalue weighted by molar-refractivity contribution is 5.77. The molecule has 1 aliphatic carbocycles. The standard InChI is InChI=1S/C32H36O5/c1-5-23-8-11-25-12-13-26-19-22(3)7-16-28(26)31(29(25)20-23)37-18-17-36-27-14-9-24(10-15-27)21-30(34-4)32(33)35-6-2/h7-16,19-20,30-31H,5-6,17-18,21H2,1-4H3. The highest BCUT2D eigenvalue weighted by Crippen LogP contribution is 2.36. The van der Waals surface area contributed by atoms with Crippen LogP contribution in [0.4, 0.5) is 0 Å². The lowest BCUT2D eigenvalue weighted by Gasteiger charge is -2.22. The monoisotopic (exact) mass is 500 g/mol. The van der Waals surface area contributed by atoms with Crippen LogP contribution in [-0.2, 0) is 31.8 Å². The second-order valence-corrected chi connectivity index (χ2v) is 9.21. The van der Waals surface area contributed by atoms with Crippen LogP contribution in [-0.4, -0.2) is 39.0 Å². The Hall–Kier alpha value is -3.41. The van der Waals surface area contributed by atoms with E-state index >= 15 is 0 Å². The quantitative estimate of drug-likeness (QED) is 0.227. The summed E-state index contributed by atoms with van der Waals surface area (Å²) in [4.78, 5) is 12.0. The van der Waals surface area contributed by atoms with E-state index in [-0.39, 0.29) is 12.1 Å². The van der Waals surface area contributed by atoms with Gasteiger partial charge < -0.3 is 18.9 Å². The maximum absolute atomic E-state index is 12.0. The van der Waals surface area contributed by atoms with Crippen LogP contribution < -0.4 is 4.74 Å². The minimum atomic E-state index is -0.614. The Bertz CT molecular complexity index is 1230. The first-order valence-electron chi connectivity index (χ1n) is 13.0. The molecule has 4 rings (SSSR count). The van der Waals surface area contributed by atoms with Crippen LogP contribution in [0.25, 0.3) is 12.2 Å². The summed E-state index contributed by atoms with van der Waals surface area (Å²) in [5.74, 6) is 0.408. The summed E-state index contributed by atoms with van der Waals surface area (Å²) in [7, 11) is 1.52. The number of methoxy groups -OCH3 is 1. The Morgan fingerprint density at radius 3 is 2.35 bits per heavy atom. The summed E-state index contributed by atoms with van der Waals surface area (Å²) in [6, 6.07) is 20.9. The molecule has 0 saturated heterocycles. The first kappa shape index (κ1) is 26.6. The van der Waals surface area contributed by atoms with Gasteiger partial charge >= 0.3 is 5.97 Å². The molecule has 0 fully saturated rings. The van der Waals surface area contributed by atoms with E-state index < -0.39 is 6.10 Å². The number of hydrogen-bond acceptors (Lipinski definition) is 5. The lowest BCUT2D eigenvalue weighted by atomic mass is 9.93. The van der Waals surface area contributed by atoms with Crippen molar-refractivity contribution < 1.29 is 23.7 Å². The summed E-state index contributed by atoms with van der Waals surface area (Å²) in [5.41, 5.74) is 8.24. The third-order valence-electron chi connectivity index (χ3n) is 6.62. The number of hydrogen-bond donors (Lipinski definition) is 0. The summed E-state index contributed by atoms with van der Waals surface area (Å²) >= 11 is 0. The lowest BCUT2D eigenvalue weighted by molar-refractivity contribution is -0.154. The zero-order valence-electron chi connectivity index (χ0n) is 22.2. The third kappa shape index (κ3) is 6.68. The molecule has 5 heteroatoms. The van der Waals surface area contributed by atoms with Gasteiger partial charge in [-0.3, -0.25) is 0 Å². The van der Waals surface area contributed by atoms with Crippen LogP contribution >= 0.6 is 0 Å². The minimum Gasteiger partial charge on any atom is -0.491 e. The van der Waals surface area contributed by atoms with Gasteiger partial charge in [0.05, 0.1) is 13.2 Å². The largest absolute Gasteiger partial charge is 0.491 e. The smallest absolute Gasteiger partial charge is 0.335 e. The van der Waals surface area contributed by atoms with Gasteiger partial charge in [-0.25, -0.2) is 4.79 Å². The molecule has 0 saturated carbocycles. The zero-order valence-corrected chi connectivity index (χ0v) is 22.2. The third-order valence-corrected chi connectivity index (χ3v) is 6.62. The maximum atomic E-state index is 12.0. The van der Waals surface area contributed by atoms with Crippen LogP contribution in [0, 0.1) is 6.92 Å².